The monoisotopic (exact) mass is 262 g/mol. The van der Waals surface area contributed by atoms with Gasteiger partial charge in [0.05, 0.1) is 5.41 Å². The van der Waals surface area contributed by atoms with Gasteiger partial charge in [0.2, 0.25) is 0 Å². The maximum atomic E-state index is 11.5. The number of aliphatic carboxylic acids is 1. The summed E-state index contributed by atoms with van der Waals surface area (Å²) in [5, 5.41) is 12.7. The maximum Gasteiger partial charge on any atom is 0.309 e. The molecule has 1 unspecified atom stereocenters. The Morgan fingerprint density at radius 3 is 2.78 bits per heavy atom. The van der Waals surface area contributed by atoms with Crippen LogP contribution in [0, 0.1) is 5.41 Å². The van der Waals surface area contributed by atoms with Gasteiger partial charge < -0.3 is 5.11 Å². The molecule has 0 spiro atoms. The van der Waals surface area contributed by atoms with E-state index in [1.807, 2.05) is 26.0 Å². The van der Waals surface area contributed by atoms with Crippen LogP contribution in [0.4, 0.5) is 0 Å². The normalized spacial score (nSPS) is 14.6. The highest BCUT2D eigenvalue weighted by Gasteiger charge is 2.32. The van der Waals surface area contributed by atoms with Crippen molar-refractivity contribution in [2.24, 2.45) is 5.41 Å². The summed E-state index contributed by atoms with van der Waals surface area (Å²) in [6, 6.07) is 8.19. The third-order valence-electron chi connectivity index (χ3n) is 3.46. The van der Waals surface area contributed by atoms with Gasteiger partial charge in [-0.25, -0.2) is 0 Å². The molecule has 0 aliphatic rings. The number of hydrogen-bond donors (Lipinski definition) is 1. The van der Waals surface area contributed by atoms with Crippen LogP contribution < -0.4 is 0 Å². The van der Waals surface area contributed by atoms with Gasteiger partial charge >= 0.3 is 5.97 Å². The van der Waals surface area contributed by atoms with E-state index in [1.165, 1.54) is 10.1 Å². The summed E-state index contributed by atoms with van der Waals surface area (Å²) in [5.41, 5.74) is 0.507. The van der Waals surface area contributed by atoms with E-state index in [0.717, 1.165) is 12.0 Å². The van der Waals surface area contributed by atoms with E-state index in [0.29, 0.717) is 12.8 Å². The Kier molecular flexibility index (Phi) is 3.71. The third-order valence-corrected chi connectivity index (χ3v) is 4.47. The van der Waals surface area contributed by atoms with Crippen LogP contribution in [0.25, 0.3) is 10.1 Å². The van der Waals surface area contributed by atoms with Crippen LogP contribution >= 0.6 is 11.3 Å². The van der Waals surface area contributed by atoms with Crippen molar-refractivity contribution in [3.05, 3.63) is 35.2 Å². The number of hydrogen-bond acceptors (Lipinski definition) is 2. The van der Waals surface area contributed by atoms with Crippen molar-refractivity contribution in [3.8, 4) is 0 Å². The predicted molar refractivity (Wildman–Crippen MR) is 76.2 cm³/mol. The molecule has 1 aromatic heterocycles. The van der Waals surface area contributed by atoms with E-state index in [4.69, 9.17) is 0 Å². The van der Waals surface area contributed by atoms with Crippen LogP contribution in [-0.4, -0.2) is 11.1 Å². The van der Waals surface area contributed by atoms with E-state index in [1.54, 1.807) is 11.3 Å². The second-order valence-electron chi connectivity index (χ2n) is 5.05. The number of rotatable bonds is 5. The SMILES string of the molecule is CCCC(C)(Cc1csc2ccccc12)C(=O)O. The fourth-order valence-corrected chi connectivity index (χ4v) is 3.38. The molecule has 1 N–H and O–H groups in total. The Hall–Kier alpha value is -1.35. The molecule has 0 aliphatic heterocycles. The van der Waals surface area contributed by atoms with Crippen LogP contribution in [-0.2, 0) is 11.2 Å². The summed E-state index contributed by atoms with van der Waals surface area (Å²) in [6.07, 6.45) is 2.22. The van der Waals surface area contributed by atoms with Gasteiger partial charge in [0.15, 0.2) is 0 Å². The zero-order valence-corrected chi connectivity index (χ0v) is 11.6. The summed E-state index contributed by atoms with van der Waals surface area (Å²) in [4.78, 5) is 11.5. The molecule has 1 heterocycles. The van der Waals surface area contributed by atoms with E-state index in [-0.39, 0.29) is 0 Å². The molecule has 2 nitrogen and oxygen atoms in total. The first kappa shape index (κ1) is 13.1. The second-order valence-corrected chi connectivity index (χ2v) is 5.96. The van der Waals surface area contributed by atoms with Gasteiger partial charge in [-0.15, -0.1) is 11.3 Å². The summed E-state index contributed by atoms with van der Waals surface area (Å²) in [6.45, 7) is 3.89. The molecule has 1 aromatic carbocycles. The molecule has 2 aromatic rings. The molecule has 0 fully saturated rings. The van der Waals surface area contributed by atoms with E-state index in [9.17, 15) is 9.90 Å². The topological polar surface area (TPSA) is 37.3 Å². The van der Waals surface area contributed by atoms with E-state index >= 15 is 0 Å². The largest absolute Gasteiger partial charge is 0.481 e. The predicted octanol–water partition coefficient (Wildman–Crippen LogP) is 4.33. The quantitative estimate of drug-likeness (QED) is 0.870. The van der Waals surface area contributed by atoms with Gasteiger partial charge in [-0.05, 0) is 42.2 Å². The summed E-state index contributed by atoms with van der Waals surface area (Å²) in [5.74, 6) is -0.695. The number of benzene rings is 1. The zero-order chi connectivity index (χ0) is 13.2. The molecular formula is C15H18O2S. The van der Waals surface area contributed by atoms with Crippen molar-refractivity contribution in [2.75, 3.05) is 0 Å². The van der Waals surface area contributed by atoms with Crippen molar-refractivity contribution in [3.63, 3.8) is 0 Å². The highest BCUT2D eigenvalue weighted by atomic mass is 32.1. The molecule has 2 rings (SSSR count). The highest BCUT2D eigenvalue weighted by Crippen LogP contribution is 2.34. The molecule has 18 heavy (non-hydrogen) atoms. The molecule has 3 heteroatoms. The molecule has 96 valence electrons. The first-order valence-electron chi connectivity index (χ1n) is 6.25. The van der Waals surface area contributed by atoms with Crippen molar-refractivity contribution in [1.29, 1.82) is 0 Å². The first-order valence-corrected chi connectivity index (χ1v) is 7.13. The van der Waals surface area contributed by atoms with Gasteiger partial charge in [-0.2, -0.15) is 0 Å². The summed E-state index contributed by atoms with van der Waals surface area (Å²) < 4.78 is 1.23. The van der Waals surface area contributed by atoms with Crippen molar-refractivity contribution in [1.82, 2.24) is 0 Å². The van der Waals surface area contributed by atoms with Crippen LogP contribution in [0.1, 0.15) is 32.3 Å². The standard InChI is InChI=1S/C15H18O2S/c1-3-8-15(2,14(16)17)9-11-10-18-13-7-5-4-6-12(11)13/h4-7,10H,3,8-9H2,1-2H3,(H,16,17). The number of carbonyl (C=O) groups is 1. The minimum Gasteiger partial charge on any atom is -0.481 e. The number of carboxylic acid groups (broad SMARTS) is 1. The summed E-state index contributed by atoms with van der Waals surface area (Å²) >= 11 is 1.69. The Morgan fingerprint density at radius 1 is 1.39 bits per heavy atom. The molecule has 0 saturated heterocycles. The Labute approximate surface area is 111 Å². The lowest BCUT2D eigenvalue weighted by molar-refractivity contribution is -0.148. The van der Waals surface area contributed by atoms with E-state index < -0.39 is 11.4 Å². The number of fused-ring (bicyclic) bond motifs is 1. The van der Waals surface area contributed by atoms with Gasteiger partial charge in [0, 0.05) is 4.70 Å². The fraction of sp³-hybridized carbons (Fsp3) is 0.400. The molecule has 0 radical (unpaired) electrons. The zero-order valence-electron chi connectivity index (χ0n) is 10.8. The smallest absolute Gasteiger partial charge is 0.309 e. The summed E-state index contributed by atoms with van der Waals surface area (Å²) in [7, 11) is 0. The molecule has 1 atom stereocenters. The van der Waals surface area contributed by atoms with Gasteiger partial charge in [0.1, 0.15) is 0 Å². The highest BCUT2D eigenvalue weighted by molar-refractivity contribution is 7.17. The average molecular weight is 262 g/mol. The first-order chi connectivity index (χ1) is 8.57. The maximum absolute atomic E-state index is 11.5. The van der Waals surface area contributed by atoms with E-state index in [2.05, 4.69) is 17.5 Å². The average Bonchev–Trinajstić information content (AvgIpc) is 2.73. The van der Waals surface area contributed by atoms with Crippen LogP contribution in [0.5, 0.6) is 0 Å². The lowest BCUT2D eigenvalue weighted by Crippen LogP contribution is -2.29. The molecule has 0 bridgehead atoms. The lowest BCUT2D eigenvalue weighted by Gasteiger charge is -2.23. The number of thiophene rings is 1. The molecule has 0 saturated carbocycles. The van der Waals surface area contributed by atoms with Crippen LogP contribution in [0.15, 0.2) is 29.6 Å². The lowest BCUT2D eigenvalue weighted by atomic mass is 9.80. The second kappa shape index (κ2) is 5.11. The molecule has 0 amide bonds. The van der Waals surface area contributed by atoms with Gasteiger partial charge in [-0.1, -0.05) is 31.5 Å². The number of carboxylic acids is 1. The Bertz CT molecular complexity index is 558. The van der Waals surface area contributed by atoms with Crippen LogP contribution in [0.2, 0.25) is 0 Å². The van der Waals surface area contributed by atoms with Crippen molar-refractivity contribution in [2.45, 2.75) is 33.1 Å². The van der Waals surface area contributed by atoms with Crippen LogP contribution in [0.3, 0.4) is 0 Å². The fourth-order valence-electron chi connectivity index (χ4n) is 2.41. The Morgan fingerprint density at radius 2 is 2.11 bits per heavy atom. The van der Waals surface area contributed by atoms with Crippen molar-refractivity contribution >= 4 is 27.4 Å². The third kappa shape index (κ3) is 2.41. The van der Waals surface area contributed by atoms with Crippen molar-refractivity contribution < 1.29 is 9.90 Å². The molecule has 0 aliphatic carbocycles. The Balaban J connectivity index is 2.34. The molecular weight excluding hydrogens is 244 g/mol. The van der Waals surface area contributed by atoms with Gasteiger partial charge in [-0.3, -0.25) is 4.79 Å². The van der Waals surface area contributed by atoms with Gasteiger partial charge in [0.25, 0.3) is 0 Å². The minimum absolute atomic E-state index is 0.611. The minimum atomic E-state index is -0.695.